The highest BCUT2D eigenvalue weighted by Gasteiger charge is 2.13. The molecule has 1 aliphatic rings. The maximum atomic E-state index is 6.37. The lowest BCUT2D eigenvalue weighted by Gasteiger charge is -2.23. The van der Waals surface area contributed by atoms with Crippen LogP contribution in [-0.4, -0.2) is 33.4 Å². The third kappa shape index (κ3) is 3.16. The second-order valence-corrected chi connectivity index (χ2v) is 5.08. The Morgan fingerprint density at radius 3 is 2.89 bits per heavy atom. The Balaban J connectivity index is 2.16. The fourth-order valence-corrected chi connectivity index (χ4v) is 2.56. The van der Waals surface area contributed by atoms with E-state index in [9.17, 15) is 0 Å². The average molecular weight is 269 g/mol. The van der Waals surface area contributed by atoms with Crippen LogP contribution in [0.4, 0.5) is 5.69 Å². The first-order valence-corrected chi connectivity index (χ1v) is 6.89. The largest absolute Gasteiger partial charge is 0.380 e. The minimum absolute atomic E-state index is 0.277. The summed E-state index contributed by atoms with van der Waals surface area (Å²) < 4.78 is 5.47. The van der Waals surface area contributed by atoms with Crippen LogP contribution >= 0.6 is 11.6 Å². The fourth-order valence-electron chi connectivity index (χ4n) is 2.22. The Labute approximate surface area is 114 Å². The normalized spacial score (nSPS) is 18.5. The SMILES string of the molecule is CNC(C)c1ccc(N2CCCOCC2)cc1Cl. The molecule has 1 aromatic rings. The number of halogens is 1. The van der Waals surface area contributed by atoms with Gasteiger partial charge in [-0.2, -0.15) is 0 Å². The summed E-state index contributed by atoms with van der Waals surface area (Å²) in [5.74, 6) is 0. The van der Waals surface area contributed by atoms with Crippen molar-refractivity contribution in [2.24, 2.45) is 0 Å². The lowest BCUT2D eigenvalue weighted by molar-refractivity contribution is 0.152. The standard InChI is InChI=1S/C14H21ClN2O/c1-11(16-2)13-5-4-12(10-14(13)15)17-6-3-8-18-9-7-17/h4-5,10-11,16H,3,6-9H2,1-2H3. The molecule has 2 rings (SSSR count). The van der Waals surface area contributed by atoms with Crippen molar-refractivity contribution in [1.82, 2.24) is 5.32 Å². The van der Waals surface area contributed by atoms with Gasteiger partial charge in [-0.15, -0.1) is 0 Å². The Hall–Kier alpha value is -0.770. The highest BCUT2D eigenvalue weighted by molar-refractivity contribution is 6.31. The van der Waals surface area contributed by atoms with Crippen molar-refractivity contribution in [3.8, 4) is 0 Å². The van der Waals surface area contributed by atoms with Gasteiger partial charge in [-0.25, -0.2) is 0 Å². The summed E-state index contributed by atoms with van der Waals surface area (Å²) >= 11 is 6.37. The van der Waals surface area contributed by atoms with Crippen LogP contribution in [0.5, 0.6) is 0 Å². The topological polar surface area (TPSA) is 24.5 Å². The van der Waals surface area contributed by atoms with Crippen molar-refractivity contribution >= 4 is 17.3 Å². The van der Waals surface area contributed by atoms with Crippen LogP contribution in [0.15, 0.2) is 18.2 Å². The van der Waals surface area contributed by atoms with Gasteiger partial charge in [-0.3, -0.25) is 0 Å². The van der Waals surface area contributed by atoms with Crippen molar-refractivity contribution < 1.29 is 4.74 Å². The summed E-state index contributed by atoms with van der Waals surface area (Å²) in [4.78, 5) is 2.34. The Morgan fingerprint density at radius 2 is 2.17 bits per heavy atom. The third-order valence-electron chi connectivity index (χ3n) is 3.47. The van der Waals surface area contributed by atoms with Crippen molar-refractivity contribution in [1.29, 1.82) is 0 Å². The van der Waals surface area contributed by atoms with E-state index in [1.807, 2.05) is 7.05 Å². The zero-order valence-electron chi connectivity index (χ0n) is 11.1. The molecule has 1 unspecified atom stereocenters. The van der Waals surface area contributed by atoms with E-state index in [-0.39, 0.29) is 6.04 Å². The van der Waals surface area contributed by atoms with Crippen molar-refractivity contribution in [2.45, 2.75) is 19.4 Å². The molecule has 0 saturated carbocycles. The number of hydrogen-bond donors (Lipinski definition) is 1. The van der Waals surface area contributed by atoms with Crippen LogP contribution in [0.3, 0.4) is 0 Å². The molecule has 0 bridgehead atoms. The van der Waals surface area contributed by atoms with E-state index < -0.39 is 0 Å². The number of anilines is 1. The molecule has 0 spiro atoms. The summed E-state index contributed by atoms with van der Waals surface area (Å²) in [6.45, 7) is 5.75. The highest BCUT2D eigenvalue weighted by Crippen LogP contribution is 2.28. The van der Waals surface area contributed by atoms with Crippen LogP contribution in [0.2, 0.25) is 5.02 Å². The lowest BCUT2D eigenvalue weighted by atomic mass is 10.1. The van der Waals surface area contributed by atoms with Gasteiger partial charge in [-0.1, -0.05) is 17.7 Å². The molecule has 0 amide bonds. The summed E-state index contributed by atoms with van der Waals surface area (Å²) in [7, 11) is 1.95. The molecular formula is C14H21ClN2O. The first kappa shape index (κ1) is 13.7. The molecule has 1 aromatic carbocycles. The zero-order chi connectivity index (χ0) is 13.0. The van der Waals surface area contributed by atoms with E-state index in [4.69, 9.17) is 16.3 Å². The first-order chi connectivity index (χ1) is 8.72. The minimum Gasteiger partial charge on any atom is -0.380 e. The Morgan fingerprint density at radius 1 is 1.33 bits per heavy atom. The predicted molar refractivity (Wildman–Crippen MR) is 76.6 cm³/mol. The van der Waals surface area contributed by atoms with Gasteiger partial charge in [0.25, 0.3) is 0 Å². The van der Waals surface area contributed by atoms with Gasteiger partial charge in [0.1, 0.15) is 0 Å². The molecule has 0 radical (unpaired) electrons. The van der Waals surface area contributed by atoms with Gasteiger partial charge in [-0.05, 0) is 38.1 Å². The van der Waals surface area contributed by atoms with E-state index >= 15 is 0 Å². The maximum absolute atomic E-state index is 6.37. The van der Waals surface area contributed by atoms with Crippen molar-refractivity contribution in [2.75, 3.05) is 38.3 Å². The van der Waals surface area contributed by atoms with Crippen LogP contribution in [0, 0.1) is 0 Å². The summed E-state index contributed by atoms with van der Waals surface area (Å²) in [6.07, 6.45) is 1.08. The number of benzene rings is 1. The van der Waals surface area contributed by atoms with E-state index in [0.717, 1.165) is 43.3 Å². The molecule has 1 N–H and O–H groups in total. The number of hydrogen-bond acceptors (Lipinski definition) is 3. The number of ether oxygens (including phenoxy) is 1. The average Bonchev–Trinajstić information content (AvgIpc) is 2.66. The lowest BCUT2D eigenvalue weighted by Crippen LogP contribution is -2.26. The van der Waals surface area contributed by atoms with E-state index in [1.165, 1.54) is 5.69 Å². The summed E-state index contributed by atoms with van der Waals surface area (Å²) in [5, 5.41) is 4.05. The monoisotopic (exact) mass is 268 g/mol. The van der Waals surface area contributed by atoms with Crippen molar-refractivity contribution in [3.05, 3.63) is 28.8 Å². The molecular weight excluding hydrogens is 248 g/mol. The smallest absolute Gasteiger partial charge is 0.0641 e. The molecule has 1 fully saturated rings. The minimum atomic E-state index is 0.277. The second kappa shape index (κ2) is 6.41. The maximum Gasteiger partial charge on any atom is 0.0641 e. The van der Waals surface area contributed by atoms with Gasteiger partial charge < -0.3 is 15.0 Å². The van der Waals surface area contributed by atoms with Gasteiger partial charge in [0.05, 0.1) is 6.61 Å². The molecule has 18 heavy (non-hydrogen) atoms. The van der Waals surface area contributed by atoms with Crippen LogP contribution in [0.1, 0.15) is 24.9 Å². The van der Waals surface area contributed by atoms with Gasteiger partial charge in [0.2, 0.25) is 0 Å². The van der Waals surface area contributed by atoms with Crippen LogP contribution in [-0.2, 0) is 4.74 Å². The zero-order valence-corrected chi connectivity index (χ0v) is 11.8. The molecule has 1 saturated heterocycles. The molecule has 100 valence electrons. The first-order valence-electron chi connectivity index (χ1n) is 6.52. The van der Waals surface area contributed by atoms with E-state index in [2.05, 4.69) is 35.3 Å². The summed E-state index contributed by atoms with van der Waals surface area (Å²) in [5.41, 5.74) is 2.34. The third-order valence-corrected chi connectivity index (χ3v) is 3.80. The molecule has 0 aromatic heterocycles. The number of nitrogens with one attached hydrogen (secondary N) is 1. The summed E-state index contributed by atoms with van der Waals surface area (Å²) in [6, 6.07) is 6.61. The molecule has 0 aliphatic carbocycles. The van der Waals surface area contributed by atoms with Crippen LogP contribution < -0.4 is 10.2 Å². The Bertz CT molecular complexity index is 389. The molecule has 1 aliphatic heterocycles. The van der Waals surface area contributed by atoms with Crippen LogP contribution in [0.25, 0.3) is 0 Å². The molecule has 3 nitrogen and oxygen atoms in total. The number of rotatable bonds is 3. The fraction of sp³-hybridized carbons (Fsp3) is 0.571. The molecule has 1 atom stereocenters. The second-order valence-electron chi connectivity index (χ2n) is 4.67. The van der Waals surface area contributed by atoms with E-state index in [0.29, 0.717) is 0 Å². The Kier molecular flexibility index (Phi) is 4.87. The quantitative estimate of drug-likeness (QED) is 0.912. The highest BCUT2D eigenvalue weighted by atomic mass is 35.5. The predicted octanol–water partition coefficient (Wildman–Crippen LogP) is 2.85. The molecule has 4 heteroatoms. The van der Waals surface area contributed by atoms with Gasteiger partial charge in [0.15, 0.2) is 0 Å². The van der Waals surface area contributed by atoms with E-state index in [1.54, 1.807) is 0 Å². The van der Waals surface area contributed by atoms with Gasteiger partial charge >= 0.3 is 0 Å². The van der Waals surface area contributed by atoms with Gasteiger partial charge in [0, 0.05) is 36.4 Å². The molecule has 1 heterocycles. The van der Waals surface area contributed by atoms with Crippen molar-refractivity contribution in [3.63, 3.8) is 0 Å². The number of nitrogens with zero attached hydrogens (tertiary/aromatic N) is 1.